The average molecular weight is 594 g/mol. The van der Waals surface area contributed by atoms with Crippen molar-refractivity contribution in [1.29, 1.82) is 0 Å². The molecule has 0 bridgehead atoms. The number of ether oxygens (including phenoxy) is 2. The first-order valence-electron chi connectivity index (χ1n) is 13.9. The highest BCUT2D eigenvalue weighted by molar-refractivity contribution is 5.97. The highest BCUT2D eigenvalue weighted by Crippen LogP contribution is 2.27. The number of methoxy groups -OCH3 is 1. The summed E-state index contributed by atoms with van der Waals surface area (Å²) < 4.78 is 43.9. The van der Waals surface area contributed by atoms with Crippen molar-refractivity contribution in [2.24, 2.45) is 7.05 Å². The van der Waals surface area contributed by atoms with Crippen molar-refractivity contribution in [2.45, 2.75) is 39.3 Å². The number of anilines is 1. The minimum absolute atomic E-state index is 0.0803. The van der Waals surface area contributed by atoms with Crippen molar-refractivity contribution in [2.75, 3.05) is 31.8 Å². The number of nitrogens with one attached hydrogen (secondary N) is 1. The molecule has 0 spiro atoms. The summed E-state index contributed by atoms with van der Waals surface area (Å²) in [5, 5.41) is 2.44. The van der Waals surface area contributed by atoms with Gasteiger partial charge in [0, 0.05) is 61.1 Å². The number of fused-ring (bicyclic) bond motifs is 1. The summed E-state index contributed by atoms with van der Waals surface area (Å²) in [4.78, 5) is 45.3. The number of pyridine rings is 2. The Morgan fingerprint density at radius 3 is 2.58 bits per heavy atom. The summed E-state index contributed by atoms with van der Waals surface area (Å²) in [5.41, 5.74) is 3.05. The van der Waals surface area contributed by atoms with E-state index in [1.54, 1.807) is 40.5 Å². The molecule has 4 aromatic rings. The van der Waals surface area contributed by atoms with Crippen LogP contribution < -0.4 is 15.8 Å². The van der Waals surface area contributed by atoms with Crippen LogP contribution in [0.15, 0.2) is 47.5 Å². The lowest BCUT2D eigenvalue weighted by Crippen LogP contribution is -2.44. The molecule has 1 fully saturated rings. The second kappa shape index (κ2) is 12.0. The van der Waals surface area contributed by atoms with Crippen LogP contribution in [0.25, 0.3) is 16.8 Å². The van der Waals surface area contributed by atoms with Crippen LogP contribution in [0.1, 0.15) is 34.2 Å². The van der Waals surface area contributed by atoms with Crippen molar-refractivity contribution < 1.29 is 27.8 Å². The fourth-order valence-electron chi connectivity index (χ4n) is 5.57. The van der Waals surface area contributed by atoms with Gasteiger partial charge in [0.2, 0.25) is 0 Å². The number of esters is 1. The third-order valence-electron chi connectivity index (χ3n) is 7.93. The first kappa shape index (κ1) is 29.9. The van der Waals surface area contributed by atoms with Crippen LogP contribution in [0, 0.1) is 25.5 Å². The molecule has 10 nitrogen and oxygen atoms in total. The zero-order valence-corrected chi connectivity index (χ0v) is 24.6. The molecule has 0 radical (unpaired) electrons. The van der Waals surface area contributed by atoms with Crippen LogP contribution >= 0.6 is 0 Å². The fourth-order valence-corrected chi connectivity index (χ4v) is 5.57. The standard InChI is InChI=1S/C31H33F2N5O5/c1-17-12-18(2)36(4)30(40)26(17)22-7-6-20(38-9-8-34-28(22)38)15-25(31(41)42-5)35-29(39)27-23(32)13-21(14-24(27)33)37-10-11-43-16-19(37)3/h6-9,12-14,19,25H,10-11,15-16H2,1-5H3,(H,35,39)/t19-,25-/m0/s1. The lowest BCUT2D eigenvalue weighted by Gasteiger charge is -2.35. The van der Waals surface area contributed by atoms with E-state index in [4.69, 9.17) is 9.47 Å². The maximum atomic E-state index is 15.2. The zero-order chi connectivity index (χ0) is 31.0. The number of amides is 1. The SMILES string of the molecule is COC(=O)[C@H](Cc1ccc(-c2c(C)cc(C)n(C)c2=O)c2nccn12)NC(=O)c1c(F)cc(N2CCOC[C@@H]2C)cc1F. The number of carbonyl (C=O) groups is 2. The Morgan fingerprint density at radius 2 is 1.91 bits per heavy atom. The van der Waals surface area contributed by atoms with Gasteiger partial charge >= 0.3 is 5.97 Å². The molecule has 5 rings (SSSR count). The minimum atomic E-state index is -1.28. The van der Waals surface area contributed by atoms with E-state index in [0.717, 1.165) is 30.5 Å². The number of nitrogens with zero attached hydrogens (tertiary/aromatic N) is 4. The Bertz CT molecular complexity index is 1760. The first-order valence-corrected chi connectivity index (χ1v) is 13.9. The fraction of sp³-hybridized carbons (Fsp3) is 0.355. The average Bonchev–Trinajstić information content (AvgIpc) is 3.47. The summed E-state index contributed by atoms with van der Waals surface area (Å²) in [6, 6.07) is 6.21. The maximum Gasteiger partial charge on any atom is 0.328 e. The number of aromatic nitrogens is 3. The van der Waals surface area contributed by atoms with E-state index in [-0.39, 0.29) is 18.0 Å². The van der Waals surface area contributed by atoms with Gasteiger partial charge in [-0.3, -0.25) is 9.59 Å². The summed E-state index contributed by atoms with van der Waals surface area (Å²) in [6.07, 6.45) is 3.15. The Balaban J connectivity index is 1.45. The van der Waals surface area contributed by atoms with Crippen molar-refractivity contribution >= 4 is 23.2 Å². The Labute approximate surface area is 246 Å². The molecule has 3 aromatic heterocycles. The third kappa shape index (κ3) is 5.62. The van der Waals surface area contributed by atoms with Crippen LogP contribution in [-0.4, -0.2) is 64.8 Å². The Morgan fingerprint density at radius 1 is 1.19 bits per heavy atom. The number of hydrogen-bond acceptors (Lipinski definition) is 7. The van der Waals surface area contributed by atoms with Crippen molar-refractivity contribution in [3.8, 4) is 11.1 Å². The van der Waals surface area contributed by atoms with Gasteiger partial charge in [-0.05, 0) is 56.7 Å². The van der Waals surface area contributed by atoms with Gasteiger partial charge in [-0.1, -0.05) is 0 Å². The van der Waals surface area contributed by atoms with E-state index < -0.39 is 35.1 Å². The molecule has 12 heteroatoms. The van der Waals surface area contributed by atoms with Gasteiger partial charge < -0.3 is 28.7 Å². The number of aryl methyl sites for hydroxylation is 2. The predicted molar refractivity (Wildman–Crippen MR) is 156 cm³/mol. The van der Waals surface area contributed by atoms with Gasteiger partial charge in [0.1, 0.15) is 28.9 Å². The monoisotopic (exact) mass is 593 g/mol. The number of halogens is 2. The number of rotatable bonds is 7. The Kier molecular flexibility index (Phi) is 8.32. The molecule has 4 heterocycles. The van der Waals surface area contributed by atoms with Crippen molar-refractivity contribution in [3.05, 3.63) is 87.2 Å². The van der Waals surface area contributed by atoms with Gasteiger partial charge in [-0.15, -0.1) is 0 Å². The lowest BCUT2D eigenvalue weighted by atomic mass is 10.0. The summed E-state index contributed by atoms with van der Waals surface area (Å²) >= 11 is 0. The molecule has 1 aromatic carbocycles. The largest absolute Gasteiger partial charge is 0.467 e. The van der Waals surface area contributed by atoms with E-state index in [0.29, 0.717) is 47.9 Å². The molecule has 1 aliphatic heterocycles. The minimum Gasteiger partial charge on any atom is -0.467 e. The van der Waals surface area contributed by atoms with Gasteiger partial charge in [0.15, 0.2) is 0 Å². The van der Waals surface area contributed by atoms with E-state index >= 15 is 8.78 Å². The molecular formula is C31H33F2N5O5. The molecule has 1 N–H and O–H groups in total. The maximum absolute atomic E-state index is 15.2. The number of hydrogen-bond donors (Lipinski definition) is 1. The van der Waals surface area contributed by atoms with Gasteiger partial charge in [-0.2, -0.15) is 0 Å². The van der Waals surface area contributed by atoms with Gasteiger partial charge in [0.05, 0.1) is 25.9 Å². The predicted octanol–water partition coefficient (Wildman–Crippen LogP) is 3.33. The van der Waals surface area contributed by atoms with Gasteiger partial charge in [0.25, 0.3) is 11.5 Å². The van der Waals surface area contributed by atoms with E-state index in [1.165, 1.54) is 0 Å². The Hall–Kier alpha value is -4.58. The van der Waals surface area contributed by atoms with E-state index in [1.807, 2.05) is 31.7 Å². The molecule has 226 valence electrons. The summed E-state index contributed by atoms with van der Waals surface area (Å²) in [7, 11) is 2.86. The summed E-state index contributed by atoms with van der Waals surface area (Å²) in [5.74, 6) is -3.99. The number of imidazole rings is 1. The van der Waals surface area contributed by atoms with E-state index in [2.05, 4.69) is 10.3 Å². The summed E-state index contributed by atoms with van der Waals surface area (Å²) in [6.45, 7) is 6.87. The lowest BCUT2D eigenvalue weighted by molar-refractivity contribution is -0.142. The molecule has 0 saturated carbocycles. The van der Waals surface area contributed by atoms with Crippen molar-refractivity contribution in [1.82, 2.24) is 19.3 Å². The molecule has 0 unspecified atom stereocenters. The molecule has 1 amide bonds. The van der Waals surface area contributed by atoms with Crippen LogP contribution in [0.3, 0.4) is 0 Å². The van der Waals surface area contributed by atoms with E-state index in [9.17, 15) is 14.4 Å². The van der Waals surface area contributed by atoms with Crippen molar-refractivity contribution in [3.63, 3.8) is 0 Å². The van der Waals surface area contributed by atoms with Crippen LogP contribution in [0.2, 0.25) is 0 Å². The number of carbonyl (C=O) groups excluding carboxylic acids is 2. The zero-order valence-electron chi connectivity index (χ0n) is 24.6. The normalized spacial score (nSPS) is 15.9. The molecule has 1 aliphatic rings. The second-order valence-electron chi connectivity index (χ2n) is 10.7. The molecule has 1 saturated heterocycles. The molecule has 2 atom stereocenters. The second-order valence-corrected chi connectivity index (χ2v) is 10.7. The highest BCUT2D eigenvalue weighted by Gasteiger charge is 2.29. The smallest absolute Gasteiger partial charge is 0.328 e. The van der Waals surface area contributed by atoms with Gasteiger partial charge in [-0.25, -0.2) is 18.6 Å². The number of morpholine rings is 1. The first-order chi connectivity index (χ1) is 20.5. The topological polar surface area (TPSA) is 107 Å². The van der Waals surface area contributed by atoms with Crippen LogP contribution in [0.5, 0.6) is 0 Å². The van der Waals surface area contributed by atoms with Crippen LogP contribution in [0.4, 0.5) is 14.5 Å². The quantitative estimate of drug-likeness (QED) is 0.328. The molecular weight excluding hydrogens is 560 g/mol. The molecule has 43 heavy (non-hydrogen) atoms. The van der Waals surface area contributed by atoms with Crippen LogP contribution in [-0.2, 0) is 27.7 Å². The molecule has 0 aliphatic carbocycles. The number of benzene rings is 1. The highest BCUT2D eigenvalue weighted by atomic mass is 19.1. The third-order valence-corrected chi connectivity index (χ3v) is 7.93.